The van der Waals surface area contributed by atoms with Gasteiger partial charge in [0.15, 0.2) is 0 Å². The Bertz CT molecular complexity index is 1730. The van der Waals surface area contributed by atoms with Gasteiger partial charge in [0.2, 0.25) is 0 Å². The summed E-state index contributed by atoms with van der Waals surface area (Å²) in [4.78, 5) is 26.2. The van der Waals surface area contributed by atoms with Crippen LogP contribution in [-0.4, -0.2) is 31.0 Å². The molecule has 0 aliphatic heterocycles. The second-order valence-corrected chi connectivity index (χ2v) is 10.1. The number of halogens is 2. The summed E-state index contributed by atoms with van der Waals surface area (Å²) in [6, 6.07) is 30.6. The molecule has 1 amide bonds. The zero-order chi connectivity index (χ0) is 30.9. The van der Waals surface area contributed by atoms with E-state index in [0.717, 1.165) is 10.8 Å². The minimum Gasteiger partial charge on any atom is -0.494 e. The summed E-state index contributed by atoms with van der Waals surface area (Å²) in [6.07, 6.45) is -0.0122. The topological polar surface area (TPSA) is 95.5 Å². The molecule has 8 nitrogen and oxygen atoms in total. The molecule has 1 N–H and O–H groups in total. The van der Waals surface area contributed by atoms with E-state index in [9.17, 15) is 9.59 Å². The Morgan fingerprint density at radius 1 is 0.773 bits per heavy atom. The van der Waals surface area contributed by atoms with Crippen LogP contribution >= 0.6 is 23.2 Å². The number of fused-ring (bicyclic) bond motifs is 1. The number of carbonyl (C=O) groups excluding carboxylic acids is 2. The summed E-state index contributed by atoms with van der Waals surface area (Å²) in [5.41, 5.74) is 3.29. The highest BCUT2D eigenvalue weighted by Gasteiger charge is 2.23. The Kier molecular flexibility index (Phi) is 9.96. The number of amides is 1. The molecule has 0 unspecified atom stereocenters. The van der Waals surface area contributed by atoms with E-state index in [0.29, 0.717) is 45.0 Å². The van der Waals surface area contributed by atoms with Crippen LogP contribution in [0.15, 0.2) is 114 Å². The first kappa shape index (κ1) is 30.4. The fraction of sp³-hybridized carbons (Fsp3) is 0.0882. The van der Waals surface area contributed by atoms with Gasteiger partial charge in [0.1, 0.15) is 23.0 Å². The molecular weight excluding hydrogens is 603 g/mol. The first-order valence-corrected chi connectivity index (χ1v) is 14.3. The highest BCUT2D eigenvalue weighted by atomic mass is 35.5. The number of carbonyl (C=O) groups is 2. The third-order valence-electron chi connectivity index (χ3n) is 6.23. The second-order valence-electron chi connectivity index (χ2n) is 9.26. The highest BCUT2D eigenvalue weighted by molar-refractivity contribution is 6.30. The third-order valence-corrected chi connectivity index (χ3v) is 6.73. The predicted molar refractivity (Wildman–Crippen MR) is 170 cm³/mol. The number of benzene rings is 5. The lowest BCUT2D eigenvalue weighted by atomic mass is 10.0. The number of esters is 1. The van der Waals surface area contributed by atoms with Crippen molar-refractivity contribution in [2.24, 2.45) is 5.10 Å². The summed E-state index contributed by atoms with van der Waals surface area (Å²) in [5.74, 6) is 0.355. The average Bonchev–Trinajstić information content (AvgIpc) is 3.04. The first-order valence-electron chi connectivity index (χ1n) is 13.5. The zero-order valence-corrected chi connectivity index (χ0v) is 24.9. The van der Waals surface area contributed by atoms with E-state index in [1.807, 2.05) is 37.3 Å². The average molecular weight is 629 g/mol. The van der Waals surface area contributed by atoms with Crippen molar-refractivity contribution in [2.45, 2.75) is 13.2 Å². The Hall–Kier alpha value is -5.05. The Labute approximate surface area is 263 Å². The van der Waals surface area contributed by atoms with Gasteiger partial charge in [0.25, 0.3) is 0 Å². The molecule has 0 aliphatic rings. The van der Waals surface area contributed by atoms with E-state index in [-0.39, 0.29) is 5.75 Å². The van der Waals surface area contributed by atoms with Crippen molar-refractivity contribution >= 4 is 52.1 Å². The molecule has 0 aromatic heterocycles. The molecule has 0 bridgehead atoms. The van der Waals surface area contributed by atoms with Crippen LogP contribution in [0.25, 0.3) is 10.8 Å². The van der Waals surface area contributed by atoms with Crippen molar-refractivity contribution in [3.8, 4) is 23.0 Å². The molecule has 5 aromatic carbocycles. The van der Waals surface area contributed by atoms with Crippen LogP contribution < -0.4 is 24.4 Å². The number of nitrogens with zero attached hydrogens (tertiary/aromatic N) is 1. The number of nitrogens with one attached hydrogen (secondary N) is 1. The lowest BCUT2D eigenvalue weighted by molar-refractivity contribution is -0.140. The van der Waals surface area contributed by atoms with Crippen molar-refractivity contribution in [1.29, 1.82) is 0 Å². The van der Waals surface area contributed by atoms with E-state index in [1.54, 1.807) is 78.9 Å². The van der Waals surface area contributed by atoms with Gasteiger partial charge in [0, 0.05) is 15.6 Å². The standard InChI is InChI=1S/C34H26Cl2N2O6/c1-2-41-26-14-7-23(8-15-26)33(40)44-31-20-9-22-5-3-4-6-29(22)30(31)21-37-38-32(39)34(42-27-16-10-24(35)11-17-27)43-28-18-12-25(36)13-19-28/h3-21,34H,2H2,1H3,(H,38,39)/b37-21+. The summed E-state index contributed by atoms with van der Waals surface area (Å²) in [7, 11) is 0. The first-order chi connectivity index (χ1) is 21.4. The molecule has 0 saturated heterocycles. The van der Waals surface area contributed by atoms with Crippen molar-refractivity contribution in [3.63, 3.8) is 0 Å². The van der Waals surface area contributed by atoms with Gasteiger partial charge in [0.05, 0.1) is 18.4 Å². The monoisotopic (exact) mass is 628 g/mol. The van der Waals surface area contributed by atoms with Gasteiger partial charge in [-0.2, -0.15) is 5.10 Å². The van der Waals surface area contributed by atoms with Gasteiger partial charge in [-0.25, -0.2) is 10.2 Å². The molecule has 0 radical (unpaired) electrons. The number of hydrazone groups is 1. The third kappa shape index (κ3) is 7.86. The Morgan fingerprint density at radius 2 is 1.36 bits per heavy atom. The Balaban J connectivity index is 1.37. The SMILES string of the molecule is CCOc1ccc(C(=O)Oc2ccc3ccccc3c2/C=N/NC(=O)C(Oc2ccc(Cl)cc2)Oc2ccc(Cl)cc2)cc1. The number of ether oxygens (including phenoxy) is 4. The largest absolute Gasteiger partial charge is 0.494 e. The summed E-state index contributed by atoms with van der Waals surface area (Å²) >= 11 is 12.0. The number of rotatable bonds is 11. The molecule has 0 atom stereocenters. The van der Waals surface area contributed by atoms with Gasteiger partial charge in [-0.05, 0) is 96.6 Å². The van der Waals surface area contributed by atoms with E-state index in [4.69, 9.17) is 42.1 Å². The van der Waals surface area contributed by atoms with E-state index in [2.05, 4.69) is 10.5 Å². The maximum atomic E-state index is 13.2. The molecule has 0 spiro atoms. The fourth-order valence-electron chi connectivity index (χ4n) is 4.13. The minimum atomic E-state index is -1.42. The van der Waals surface area contributed by atoms with Crippen molar-refractivity contribution in [2.75, 3.05) is 6.61 Å². The van der Waals surface area contributed by atoms with Crippen LogP contribution in [0.2, 0.25) is 10.0 Å². The highest BCUT2D eigenvalue weighted by Crippen LogP contribution is 2.28. The lowest BCUT2D eigenvalue weighted by Gasteiger charge is -2.19. The van der Waals surface area contributed by atoms with Crippen LogP contribution in [0.1, 0.15) is 22.8 Å². The summed E-state index contributed by atoms with van der Waals surface area (Å²) in [6.45, 7) is 2.40. The van der Waals surface area contributed by atoms with Gasteiger partial charge in [-0.3, -0.25) is 4.79 Å². The van der Waals surface area contributed by atoms with Gasteiger partial charge >= 0.3 is 18.2 Å². The van der Waals surface area contributed by atoms with Crippen LogP contribution in [0, 0.1) is 0 Å². The van der Waals surface area contributed by atoms with Crippen LogP contribution in [0.5, 0.6) is 23.0 Å². The molecule has 0 aliphatic carbocycles. The van der Waals surface area contributed by atoms with Gasteiger partial charge < -0.3 is 18.9 Å². The smallest absolute Gasteiger partial charge is 0.343 e. The maximum Gasteiger partial charge on any atom is 0.343 e. The Morgan fingerprint density at radius 3 is 1.98 bits per heavy atom. The maximum absolute atomic E-state index is 13.2. The van der Waals surface area contributed by atoms with E-state index < -0.39 is 18.2 Å². The molecule has 5 aromatic rings. The molecule has 5 rings (SSSR count). The van der Waals surface area contributed by atoms with Crippen LogP contribution in [-0.2, 0) is 4.79 Å². The minimum absolute atomic E-state index is 0.256. The normalized spacial score (nSPS) is 11.0. The van der Waals surface area contributed by atoms with Gasteiger partial charge in [-0.1, -0.05) is 53.5 Å². The quantitative estimate of drug-likeness (QED) is 0.0529. The molecule has 10 heteroatoms. The van der Waals surface area contributed by atoms with Crippen molar-refractivity contribution in [3.05, 3.63) is 130 Å². The molecule has 0 heterocycles. The van der Waals surface area contributed by atoms with Crippen LogP contribution in [0.3, 0.4) is 0 Å². The second kappa shape index (κ2) is 14.4. The fourth-order valence-corrected chi connectivity index (χ4v) is 4.38. The number of hydrogen-bond acceptors (Lipinski definition) is 7. The van der Waals surface area contributed by atoms with Gasteiger partial charge in [-0.15, -0.1) is 0 Å². The van der Waals surface area contributed by atoms with Crippen molar-refractivity contribution < 1.29 is 28.5 Å². The lowest BCUT2D eigenvalue weighted by Crippen LogP contribution is -2.40. The molecule has 0 fully saturated rings. The van der Waals surface area contributed by atoms with Crippen LogP contribution in [0.4, 0.5) is 0 Å². The van der Waals surface area contributed by atoms with Crippen molar-refractivity contribution in [1.82, 2.24) is 5.43 Å². The molecule has 222 valence electrons. The summed E-state index contributed by atoms with van der Waals surface area (Å²) < 4.78 is 22.8. The predicted octanol–water partition coefficient (Wildman–Crippen LogP) is 7.70. The molecular formula is C34H26Cl2N2O6. The zero-order valence-electron chi connectivity index (χ0n) is 23.4. The van der Waals surface area contributed by atoms with E-state index in [1.165, 1.54) is 6.21 Å². The molecule has 44 heavy (non-hydrogen) atoms. The molecule has 0 saturated carbocycles. The summed E-state index contributed by atoms with van der Waals surface area (Å²) in [5, 5.41) is 6.83. The van der Waals surface area contributed by atoms with E-state index >= 15 is 0 Å². The number of hydrogen-bond donors (Lipinski definition) is 1.